The number of hydrogen-bond donors (Lipinski definition) is 1. The Labute approximate surface area is 164 Å². The minimum atomic E-state index is 0.0671. The van der Waals surface area contributed by atoms with Crippen LogP contribution in [-0.4, -0.2) is 25.8 Å². The molecule has 0 bridgehead atoms. The van der Waals surface area contributed by atoms with Gasteiger partial charge in [-0.15, -0.1) is 0 Å². The van der Waals surface area contributed by atoms with Crippen LogP contribution < -0.4 is 10.9 Å². The molecule has 1 N–H and O–H groups in total. The van der Waals surface area contributed by atoms with Crippen LogP contribution in [0.4, 0.5) is 5.82 Å². The highest BCUT2D eigenvalue weighted by Gasteiger charge is 2.25. The molecule has 2 aliphatic carbocycles. The summed E-state index contributed by atoms with van der Waals surface area (Å²) in [5.74, 6) is 0.825. The van der Waals surface area contributed by atoms with E-state index in [4.69, 9.17) is 5.10 Å². The summed E-state index contributed by atoms with van der Waals surface area (Å²) in [6.45, 7) is 0. The van der Waals surface area contributed by atoms with E-state index < -0.39 is 0 Å². The Morgan fingerprint density at radius 2 is 1.79 bits per heavy atom. The van der Waals surface area contributed by atoms with E-state index in [1.165, 1.54) is 12.8 Å². The Morgan fingerprint density at radius 3 is 2.64 bits per heavy atom. The molecular weight excluding hydrogens is 350 g/mol. The lowest BCUT2D eigenvalue weighted by atomic mass is 9.91. The van der Waals surface area contributed by atoms with E-state index in [1.807, 2.05) is 36.5 Å². The molecule has 1 aromatic carbocycles. The molecule has 1 saturated carbocycles. The summed E-state index contributed by atoms with van der Waals surface area (Å²) in [7, 11) is 0. The molecular formula is C22H25N5O. The summed E-state index contributed by atoms with van der Waals surface area (Å²) in [5.41, 5.74) is 4.19. The SMILES string of the molecule is O=c1cc2c(nn1C1CCC(Nc3cnc4ccccc4n3)CC1)CCCC2. The van der Waals surface area contributed by atoms with Crippen LogP contribution in [0.15, 0.2) is 41.3 Å². The van der Waals surface area contributed by atoms with Crippen molar-refractivity contribution < 1.29 is 0 Å². The van der Waals surface area contributed by atoms with Crippen molar-refractivity contribution in [3.8, 4) is 0 Å². The highest BCUT2D eigenvalue weighted by molar-refractivity contribution is 5.75. The molecule has 0 saturated heterocycles. The number of nitrogens with zero attached hydrogens (tertiary/aromatic N) is 4. The van der Waals surface area contributed by atoms with Gasteiger partial charge in [0.05, 0.1) is 29.0 Å². The third kappa shape index (κ3) is 3.39. The number of fused-ring (bicyclic) bond motifs is 2. The first kappa shape index (κ1) is 17.3. The average Bonchev–Trinajstić information content (AvgIpc) is 2.74. The van der Waals surface area contributed by atoms with Crippen LogP contribution in [0.2, 0.25) is 0 Å². The van der Waals surface area contributed by atoms with E-state index in [2.05, 4.69) is 15.3 Å². The lowest BCUT2D eigenvalue weighted by Gasteiger charge is -2.30. The molecule has 5 rings (SSSR count). The minimum absolute atomic E-state index is 0.0671. The lowest BCUT2D eigenvalue weighted by molar-refractivity contribution is 0.300. The van der Waals surface area contributed by atoms with E-state index >= 15 is 0 Å². The molecule has 2 aromatic heterocycles. The van der Waals surface area contributed by atoms with Gasteiger partial charge in [-0.2, -0.15) is 5.10 Å². The van der Waals surface area contributed by atoms with Gasteiger partial charge < -0.3 is 5.32 Å². The van der Waals surface area contributed by atoms with Crippen molar-refractivity contribution in [3.63, 3.8) is 0 Å². The lowest BCUT2D eigenvalue weighted by Crippen LogP contribution is -2.34. The number of para-hydroxylation sites is 2. The van der Waals surface area contributed by atoms with Crippen molar-refractivity contribution in [3.05, 3.63) is 58.1 Å². The highest BCUT2D eigenvalue weighted by atomic mass is 16.1. The van der Waals surface area contributed by atoms with Gasteiger partial charge in [-0.3, -0.25) is 9.78 Å². The Bertz CT molecular complexity index is 1050. The monoisotopic (exact) mass is 375 g/mol. The largest absolute Gasteiger partial charge is 0.366 e. The third-order valence-corrected chi connectivity index (χ3v) is 6.08. The van der Waals surface area contributed by atoms with Crippen molar-refractivity contribution in [1.82, 2.24) is 19.7 Å². The van der Waals surface area contributed by atoms with Crippen LogP contribution in [0, 0.1) is 0 Å². The normalized spacial score (nSPS) is 22.0. The van der Waals surface area contributed by atoms with Crippen LogP contribution >= 0.6 is 0 Å². The maximum absolute atomic E-state index is 12.6. The van der Waals surface area contributed by atoms with Crippen LogP contribution in [0.25, 0.3) is 11.0 Å². The molecule has 0 amide bonds. The van der Waals surface area contributed by atoms with Crippen molar-refractivity contribution in [2.75, 3.05) is 5.32 Å². The predicted molar refractivity (Wildman–Crippen MR) is 110 cm³/mol. The molecule has 6 nitrogen and oxygen atoms in total. The van der Waals surface area contributed by atoms with Crippen molar-refractivity contribution in [2.24, 2.45) is 0 Å². The van der Waals surface area contributed by atoms with Crippen LogP contribution in [-0.2, 0) is 12.8 Å². The van der Waals surface area contributed by atoms with Crippen molar-refractivity contribution in [1.29, 1.82) is 0 Å². The van der Waals surface area contributed by atoms with E-state index in [0.29, 0.717) is 6.04 Å². The first-order valence-corrected chi connectivity index (χ1v) is 10.4. The molecule has 0 unspecified atom stereocenters. The fourth-order valence-electron chi connectivity index (χ4n) is 4.54. The Hall–Kier alpha value is -2.76. The van der Waals surface area contributed by atoms with Gasteiger partial charge in [-0.05, 0) is 69.1 Å². The number of anilines is 1. The van der Waals surface area contributed by atoms with Crippen LogP contribution in [0.5, 0.6) is 0 Å². The van der Waals surface area contributed by atoms with Gasteiger partial charge in [0.25, 0.3) is 5.56 Å². The standard InChI is InChI=1S/C22H25N5O/c28-22-13-15-5-1-2-6-18(15)26-27(22)17-11-9-16(10-12-17)24-21-14-23-19-7-3-4-8-20(19)25-21/h3-4,7-8,13-14,16-17H,1-2,5-6,9-12H2,(H,24,25). The Kier molecular flexibility index (Phi) is 4.55. The van der Waals surface area contributed by atoms with Gasteiger partial charge in [0.1, 0.15) is 5.82 Å². The summed E-state index contributed by atoms with van der Waals surface area (Å²) in [5, 5.41) is 8.27. The fraction of sp³-hybridized carbons (Fsp3) is 0.455. The molecule has 6 heteroatoms. The van der Waals surface area contributed by atoms with E-state index in [-0.39, 0.29) is 11.6 Å². The zero-order chi connectivity index (χ0) is 18.9. The van der Waals surface area contributed by atoms with Gasteiger partial charge in [0.2, 0.25) is 0 Å². The molecule has 1 fully saturated rings. The van der Waals surface area contributed by atoms with Gasteiger partial charge in [-0.1, -0.05) is 12.1 Å². The first-order valence-electron chi connectivity index (χ1n) is 10.4. The van der Waals surface area contributed by atoms with Crippen LogP contribution in [0.3, 0.4) is 0 Å². The third-order valence-electron chi connectivity index (χ3n) is 6.08. The summed E-state index contributed by atoms with van der Waals surface area (Å²) in [6, 6.07) is 10.3. The molecule has 144 valence electrons. The van der Waals surface area contributed by atoms with Crippen LogP contribution in [0.1, 0.15) is 55.8 Å². The van der Waals surface area contributed by atoms with Gasteiger partial charge in [-0.25, -0.2) is 9.67 Å². The van der Waals surface area contributed by atoms with E-state index in [9.17, 15) is 4.79 Å². The smallest absolute Gasteiger partial charge is 0.267 e. The molecule has 28 heavy (non-hydrogen) atoms. The maximum Gasteiger partial charge on any atom is 0.267 e. The van der Waals surface area contributed by atoms with Crippen molar-refractivity contribution >= 4 is 16.9 Å². The molecule has 0 aliphatic heterocycles. The number of hydrogen-bond acceptors (Lipinski definition) is 5. The summed E-state index contributed by atoms with van der Waals surface area (Å²) in [4.78, 5) is 21.7. The number of benzene rings is 1. The fourth-order valence-corrected chi connectivity index (χ4v) is 4.54. The molecule has 2 aliphatic rings. The quantitative estimate of drug-likeness (QED) is 0.756. The summed E-state index contributed by atoms with van der Waals surface area (Å²) >= 11 is 0. The van der Waals surface area contributed by atoms with Gasteiger partial charge in [0.15, 0.2) is 0 Å². The summed E-state index contributed by atoms with van der Waals surface area (Å²) < 4.78 is 1.76. The number of aryl methyl sites for hydroxylation is 2. The molecule has 0 radical (unpaired) electrons. The molecule has 2 heterocycles. The van der Waals surface area contributed by atoms with E-state index in [0.717, 1.165) is 66.6 Å². The average molecular weight is 375 g/mol. The highest BCUT2D eigenvalue weighted by Crippen LogP contribution is 2.29. The molecule has 0 spiro atoms. The number of rotatable bonds is 3. The summed E-state index contributed by atoms with van der Waals surface area (Å²) in [6.07, 6.45) is 10.1. The zero-order valence-electron chi connectivity index (χ0n) is 16.0. The maximum atomic E-state index is 12.6. The molecule has 0 atom stereocenters. The Morgan fingerprint density at radius 1 is 1.00 bits per heavy atom. The van der Waals surface area contributed by atoms with Gasteiger partial charge in [0, 0.05) is 12.1 Å². The first-order chi connectivity index (χ1) is 13.8. The minimum Gasteiger partial charge on any atom is -0.366 e. The number of aromatic nitrogens is 4. The Balaban J connectivity index is 1.26. The topological polar surface area (TPSA) is 72.7 Å². The van der Waals surface area contributed by atoms with Gasteiger partial charge >= 0.3 is 0 Å². The number of nitrogens with one attached hydrogen (secondary N) is 1. The second-order valence-electron chi connectivity index (χ2n) is 8.00. The zero-order valence-corrected chi connectivity index (χ0v) is 16.0. The van der Waals surface area contributed by atoms with E-state index in [1.54, 1.807) is 4.68 Å². The second-order valence-corrected chi connectivity index (χ2v) is 8.00. The van der Waals surface area contributed by atoms with Crippen molar-refractivity contribution in [2.45, 2.75) is 63.5 Å². The molecule has 3 aromatic rings. The second kappa shape index (κ2) is 7.34. The predicted octanol–water partition coefficient (Wildman–Crippen LogP) is 3.66.